The molecule has 1 aliphatic heterocycles. The van der Waals surface area contributed by atoms with E-state index in [1.807, 2.05) is 13.0 Å². The van der Waals surface area contributed by atoms with Crippen LogP contribution in [0.2, 0.25) is 0 Å². The van der Waals surface area contributed by atoms with Crippen LogP contribution in [0, 0.1) is 5.92 Å². The normalized spacial score (nSPS) is 17.0. The van der Waals surface area contributed by atoms with Crippen LogP contribution in [0.15, 0.2) is 29.3 Å². The molecule has 1 heterocycles. The Balaban J connectivity index is 0.00000392. The van der Waals surface area contributed by atoms with Gasteiger partial charge in [0.1, 0.15) is 5.75 Å². The van der Waals surface area contributed by atoms with Crippen molar-refractivity contribution in [3.05, 3.63) is 29.8 Å². The molecule has 2 rings (SSSR count). The van der Waals surface area contributed by atoms with E-state index in [2.05, 4.69) is 19.9 Å². The Hall–Kier alpha value is -1.20. The lowest BCUT2D eigenvalue weighted by molar-refractivity contribution is -0.0498. The molecule has 1 aromatic carbocycles. The van der Waals surface area contributed by atoms with Crippen LogP contribution in [0.4, 0.5) is 8.78 Å². The molecule has 0 radical (unpaired) electrons. The van der Waals surface area contributed by atoms with Gasteiger partial charge in [0, 0.05) is 32.7 Å². The van der Waals surface area contributed by atoms with E-state index in [-0.39, 0.29) is 29.7 Å². The number of hydrogen-bond acceptors (Lipinski definition) is 4. The molecular weight excluding hydrogens is 483 g/mol. The lowest BCUT2D eigenvalue weighted by atomic mass is 10.1. The number of methoxy groups -OCH3 is 1. The summed E-state index contributed by atoms with van der Waals surface area (Å²) in [6.45, 7) is 4.08. The van der Waals surface area contributed by atoms with Crippen LogP contribution in [-0.4, -0.2) is 64.0 Å². The Labute approximate surface area is 182 Å². The molecule has 0 spiro atoms. The standard InChI is InChI=1S/C19H29F2N3O3.HI/c1-3-22-19(24-8-7-16(13-24)14-26-10-9-25-2)23-12-15-5-4-6-17(11-15)27-18(20)21;/h4-6,11,16,18H,3,7-10,12-14H2,1-2H3,(H,22,23);1H. The molecule has 28 heavy (non-hydrogen) atoms. The van der Waals surface area contributed by atoms with Crippen LogP contribution < -0.4 is 10.1 Å². The summed E-state index contributed by atoms with van der Waals surface area (Å²) in [5.74, 6) is 1.45. The Morgan fingerprint density at radius 1 is 1.36 bits per heavy atom. The van der Waals surface area contributed by atoms with Crippen LogP contribution in [0.3, 0.4) is 0 Å². The second kappa shape index (κ2) is 13.9. The van der Waals surface area contributed by atoms with Crippen LogP contribution in [-0.2, 0) is 16.0 Å². The van der Waals surface area contributed by atoms with E-state index in [0.29, 0.717) is 32.3 Å². The molecule has 160 valence electrons. The highest BCUT2D eigenvalue weighted by atomic mass is 127. The van der Waals surface area contributed by atoms with E-state index in [1.165, 1.54) is 6.07 Å². The van der Waals surface area contributed by atoms with Gasteiger partial charge in [-0.2, -0.15) is 8.78 Å². The molecule has 0 amide bonds. The molecule has 0 aliphatic carbocycles. The number of nitrogens with one attached hydrogen (secondary N) is 1. The minimum absolute atomic E-state index is 0. The van der Waals surface area contributed by atoms with Crippen LogP contribution >= 0.6 is 24.0 Å². The second-order valence-electron chi connectivity index (χ2n) is 6.36. The zero-order chi connectivity index (χ0) is 19.5. The number of halogens is 3. The number of aliphatic imine (C=N–C) groups is 1. The Morgan fingerprint density at radius 2 is 2.18 bits per heavy atom. The second-order valence-corrected chi connectivity index (χ2v) is 6.36. The number of hydrogen-bond donors (Lipinski definition) is 1. The maximum Gasteiger partial charge on any atom is 0.387 e. The van der Waals surface area contributed by atoms with Gasteiger partial charge in [0.25, 0.3) is 0 Å². The smallest absolute Gasteiger partial charge is 0.387 e. The first kappa shape index (κ1) is 24.8. The molecule has 6 nitrogen and oxygen atoms in total. The summed E-state index contributed by atoms with van der Waals surface area (Å²) in [7, 11) is 1.66. The third kappa shape index (κ3) is 8.87. The predicted molar refractivity (Wildman–Crippen MR) is 116 cm³/mol. The van der Waals surface area contributed by atoms with Crippen molar-refractivity contribution < 1.29 is 23.0 Å². The number of likely N-dealkylation sites (tertiary alicyclic amines) is 1. The fourth-order valence-electron chi connectivity index (χ4n) is 2.97. The van der Waals surface area contributed by atoms with E-state index in [0.717, 1.165) is 37.6 Å². The molecule has 1 saturated heterocycles. The fourth-order valence-corrected chi connectivity index (χ4v) is 2.97. The third-order valence-corrected chi connectivity index (χ3v) is 4.24. The molecule has 1 aliphatic rings. The number of benzene rings is 1. The van der Waals surface area contributed by atoms with Crippen LogP contribution in [0.1, 0.15) is 18.9 Å². The van der Waals surface area contributed by atoms with Crippen LogP contribution in [0.5, 0.6) is 5.75 Å². The lowest BCUT2D eigenvalue weighted by Gasteiger charge is -2.21. The lowest BCUT2D eigenvalue weighted by Crippen LogP contribution is -2.40. The molecule has 0 aromatic heterocycles. The summed E-state index contributed by atoms with van der Waals surface area (Å²) in [5.41, 5.74) is 0.821. The van der Waals surface area contributed by atoms with E-state index < -0.39 is 6.61 Å². The van der Waals surface area contributed by atoms with E-state index in [1.54, 1.807) is 19.2 Å². The van der Waals surface area contributed by atoms with Gasteiger partial charge in [-0.25, -0.2) is 4.99 Å². The number of ether oxygens (including phenoxy) is 3. The summed E-state index contributed by atoms with van der Waals surface area (Å²) in [6, 6.07) is 6.65. The van der Waals surface area contributed by atoms with Gasteiger partial charge in [-0.1, -0.05) is 12.1 Å². The topological polar surface area (TPSA) is 55.3 Å². The average molecular weight is 513 g/mol. The third-order valence-electron chi connectivity index (χ3n) is 4.24. The van der Waals surface area contributed by atoms with Crippen LogP contribution in [0.25, 0.3) is 0 Å². The van der Waals surface area contributed by atoms with Gasteiger partial charge in [0.05, 0.1) is 26.4 Å². The molecule has 0 saturated carbocycles. The summed E-state index contributed by atoms with van der Waals surface area (Å²) < 4.78 is 39.8. The van der Waals surface area contributed by atoms with Crippen molar-refractivity contribution in [3.63, 3.8) is 0 Å². The summed E-state index contributed by atoms with van der Waals surface area (Å²) >= 11 is 0. The van der Waals surface area contributed by atoms with Crippen molar-refractivity contribution in [2.24, 2.45) is 10.9 Å². The van der Waals surface area contributed by atoms with Gasteiger partial charge < -0.3 is 24.4 Å². The quantitative estimate of drug-likeness (QED) is 0.225. The largest absolute Gasteiger partial charge is 0.435 e. The van der Waals surface area contributed by atoms with Crippen molar-refractivity contribution in [2.75, 3.05) is 46.6 Å². The van der Waals surface area contributed by atoms with E-state index >= 15 is 0 Å². The molecule has 1 fully saturated rings. The minimum atomic E-state index is -2.83. The number of rotatable bonds is 10. The summed E-state index contributed by atoms with van der Waals surface area (Å²) in [5, 5.41) is 3.30. The van der Waals surface area contributed by atoms with E-state index in [9.17, 15) is 8.78 Å². The van der Waals surface area contributed by atoms with Crippen molar-refractivity contribution in [3.8, 4) is 5.75 Å². The molecule has 1 unspecified atom stereocenters. The van der Waals surface area contributed by atoms with Crippen molar-refractivity contribution in [1.29, 1.82) is 0 Å². The fraction of sp³-hybridized carbons (Fsp3) is 0.632. The SMILES string of the molecule is CCNC(=NCc1cccc(OC(F)F)c1)N1CCC(COCCOC)C1.I. The van der Waals surface area contributed by atoms with Gasteiger partial charge in [0.2, 0.25) is 0 Å². The highest BCUT2D eigenvalue weighted by Gasteiger charge is 2.24. The Kier molecular flexibility index (Phi) is 12.3. The summed E-state index contributed by atoms with van der Waals surface area (Å²) in [4.78, 5) is 6.87. The number of nitrogens with zero attached hydrogens (tertiary/aromatic N) is 2. The zero-order valence-corrected chi connectivity index (χ0v) is 18.7. The molecular formula is C19H30F2IN3O3. The average Bonchev–Trinajstić information content (AvgIpc) is 3.11. The highest BCUT2D eigenvalue weighted by Crippen LogP contribution is 2.19. The maximum atomic E-state index is 12.4. The predicted octanol–water partition coefficient (Wildman–Crippen LogP) is 3.36. The highest BCUT2D eigenvalue weighted by molar-refractivity contribution is 14.0. The maximum absolute atomic E-state index is 12.4. The minimum Gasteiger partial charge on any atom is -0.435 e. The van der Waals surface area contributed by atoms with Gasteiger partial charge >= 0.3 is 6.61 Å². The van der Waals surface area contributed by atoms with Gasteiger partial charge in [-0.15, -0.1) is 24.0 Å². The first-order valence-electron chi connectivity index (χ1n) is 9.26. The summed E-state index contributed by atoms with van der Waals surface area (Å²) in [6.07, 6.45) is 1.05. The molecule has 0 bridgehead atoms. The Bertz CT molecular complexity index is 593. The van der Waals surface area contributed by atoms with Gasteiger partial charge in [-0.05, 0) is 31.0 Å². The first-order valence-corrected chi connectivity index (χ1v) is 9.26. The molecule has 1 aromatic rings. The molecule has 9 heteroatoms. The van der Waals surface area contributed by atoms with E-state index in [4.69, 9.17) is 9.47 Å². The van der Waals surface area contributed by atoms with Gasteiger partial charge in [0.15, 0.2) is 5.96 Å². The van der Waals surface area contributed by atoms with Crippen molar-refractivity contribution >= 4 is 29.9 Å². The van der Waals surface area contributed by atoms with Crippen molar-refractivity contribution in [2.45, 2.75) is 26.5 Å². The monoisotopic (exact) mass is 513 g/mol. The number of guanidine groups is 1. The molecule has 1 N–H and O–H groups in total. The van der Waals surface area contributed by atoms with Crippen molar-refractivity contribution in [1.82, 2.24) is 10.2 Å². The zero-order valence-electron chi connectivity index (χ0n) is 16.4. The molecule has 1 atom stereocenters. The number of alkyl halides is 2. The first-order chi connectivity index (χ1) is 13.1. The Morgan fingerprint density at radius 3 is 2.89 bits per heavy atom. The van der Waals surface area contributed by atoms with Gasteiger partial charge in [-0.3, -0.25) is 0 Å².